The molecule has 6 rings (SSSR count). The van der Waals surface area contributed by atoms with Crippen molar-refractivity contribution in [2.24, 2.45) is 0 Å². The molecule has 36 heavy (non-hydrogen) atoms. The summed E-state index contributed by atoms with van der Waals surface area (Å²) in [5.41, 5.74) is 11.8. The Balaban J connectivity index is 1.49. The lowest BCUT2D eigenvalue weighted by Gasteiger charge is -2.14. The van der Waals surface area contributed by atoms with Crippen LogP contribution in [0.2, 0.25) is 0 Å². The van der Waals surface area contributed by atoms with Crippen LogP contribution in [-0.2, 0) is 0 Å². The van der Waals surface area contributed by atoms with Crippen LogP contribution in [0.25, 0.3) is 55.4 Å². The van der Waals surface area contributed by atoms with Gasteiger partial charge in [-0.2, -0.15) is 0 Å². The fraction of sp³-hybridized carbons (Fsp3) is 0.0588. The summed E-state index contributed by atoms with van der Waals surface area (Å²) in [4.78, 5) is 9.04. The minimum Gasteiger partial charge on any atom is -0.264 e. The zero-order chi connectivity index (χ0) is 24.5. The van der Waals surface area contributed by atoms with Crippen LogP contribution in [0.15, 0.2) is 122 Å². The minimum atomic E-state index is 0.977. The Morgan fingerprint density at radius 3 is 2.03 bits per heavy atom. The molecule has 0 aliphatic heterocycles. The number of nitrogens with zero attached hydrogens (tertiary/aromatic N) is 2. The van der Waals surface area contributed by atoms with E-state index in [-0.39, 0.29) is 0 Å². The fourth-order valence-corrected chi connectivity index (χ4v) is 4.92. The summed E-state index contributed by atoms with van der Waals surface area (Å²) in [6.45, 7) is 4.29. The number of fused-ring (bicyclic) bond motifs is 1. The SMILES string of the molecule is Cc1ccc(-c2cc(C)cc(-c3ccc(-c4cccc(-c5ccccn5)c4)c4ccncc34)c2)cc1. The minimum absolute atomic E-state index is 0.977. The van der Waals surface area contributed by atoms with Crippen LogP contribution < -0.4 is 0 Å². The summed E-state index contributed by atoms with van der Waals surface area (Å²) in [5.74, 6) is 0. The maximum absolute atomic E-state index is 4.54. The van der Waals surface area contributed by atoms with Gasteiger partial charge in [-0.1, -0.05) is 78.4 Å². The largest absolute Gasteiger partial charge is 0.264 e. The molecular weight excluding hydrogens is 436 g/mol. The van der Waals surface area contributed by atoms with Crippen LogP contribution >= 0.6 is 0 Å². The lowest BCUT2D eigenvalue weighted by molar-refractivity contribution is 1.33. The molecule has 6 aromatic rings. The van der Waals surface area contributed by atoms with Gasteiger partial charge in [-0.15, -0.1) is 0 Å². The first-order valence-electron chi connectivity index (χ1n) is 12.2. The fourth-order valence-electron chi connectivity index (χ4n) is 4.92. The van der Waals surface area contributed by atoms with Crippen LogP contribution in [0.5, 0.6) is 0 Å². The quantitative estimate of drug-likeness (QED) is 0.261. The maximum atomic E-state index is 4.54. The van der Waals surface area contributed by atoms with Crippen molar-refractivity contribution in [1.29, 1.82) is 0 Å². The predicted octanol–water partition coefficient (Wildman–Crippen LogP) is 8.91. The highest BCUT2D eigenvalue weighted by molar-refractivity contribution is 6.05. The summed E-state index contributed by atoms with van der Waals surface area (Å²) in [7, 11) is 0. The number of hydrogen-bond acceptors (Lipinski definition) is 2. The third-order valence-corrected chi connectivity index (χ3v) is 6.73. The molecule has 2 aromatic heterocycles. The van der Waals surface area contributed by atoms with Crippen molar-refractivity contribution >= 4 is 10.8 Å². The molecule has 2 heteroatoms. The van der Waals surface area contributed by atoms with Gasteiger partial charge in [0.15, 0.2) is 0 Å². The van der Waals surface area contributed by atoms with Crippen LogP contribution in [0.4, 0.5) is 0 Å². The molecule has 0 bridgehead atoms. The van der Waals surface area contributed by atoms with E-state index in [1.807, 2.05) is 36.8 Å². The zero-order valence-electron chi connectivity index (χ0n) is 20.4. The Hall–Kier alpha value is -4.56. The highest BCUT2D eigenvalue weighted by Gasteiger charge is 2.12. The first-order valence-corrected chi connectivity index (χ1v) is 12.2. The van der Waals surface area contributed by atoms with Gasteiger partial charge in [0.2, 0.25) is 0 Å². The Morgan fingerprint density at radius 1 is 0.472 bits per heavy atom. The molecule has 0 saturated carbocycles. The average molecular weight is 463 g/mol. The van der Waals surface area contributed by atoms with Crippen molar-refractivity contribution < 1.29 is 0 Å². The second kappa shape index (κ2) is 9.24. The van der Waals surface area contributed by atoms with Gasteiger partial charge in [0.05, 0.1) is 5.69 Å². The van der Waals surface area contributed by atoms with Crippen LogP contribution in [0, 0.1) is 13.8 Å². The monoisotopic (exact) mass is 462 g/mol. The highest BCUT2D eigenvalue weighted by Crippen LogP contribution is 2.38. The van der Waals surface area contributed by atoms with Crippen molar-refractivity contribution in [2.75, 3.05) is 0 Å². The first-order chi connectivity index (χ1) is 17.7. The third kappa shape index (κ3) is 4.18. The number of pyridine rings is 2. The molecule has 2 heterocycles. The number of hydrogen-bond donors (Lipinski definition) is 0. The molecule has 0 N–H and O–H groups in total. The van der Waals surface area contributed by atoms with Gasteiger partial charge in [0, 0.05) is 29.5 Å². The Labute approximate surface area is 212 Å². The lowest BCUT2D eigenvalue weighted by Crippen LogP contribution is -1.90. The molecule has 0 fully saturated rings. The topological polar surface area (TPSA) is 25.8 Å². The van der Waals surface area contributed by atoms with E-state index >= 15 is 0 Å². The van der Waals surface area contributed by atoms with E-state index < -0.39 is 0 Å². The molecule has 0 unspecified atom stereocenters. The van der Waals surface area contributed by atoms with E-state index in [9.17, 15) is 0 Å². The summed E-state index contributed by atoms with van der Waals surface area (Å²) >= 11 is 0. The summed E-state index contributed by atoms with van der Waals surface area (Å²) in [6.07, 6.45) is 5.71. The predicted molar refractivity (Wildman–Crippen MR) is 151 cm³/mol. The second-order valence-corrected chi connectivity index (χ2v) is 9.33. The van der Waals surface area contributed by atoms with E-state index in [0.717, 1.165) is 16.6 Å². The van der Waals surface area contributed by atoms with E-state index in [2.05, 4.69) is 109 Å². The summed E-state index contributed by atoms with van der Waals surface area (Å²) < 4.78 is 0. The third-order valence-electron chi connectivity index (χ3n) is 6.73. The van der Waals surface area contributed by atoms with E-state index in [1.54, 1.807) is 0 Å². The Bertz CT molecular complexity index is 1680. The molecule has 0 spiro atoms. The van der Waals surface area contributed by atoms with Crippen LogP contribution in [0.1, 0.15) is 11.1 Å². The number of aromatic nitrogens is 2. The van der Waals surface area contributed by atoms with Crippen molar-refractivity contribution in [2.45, 2.75) is 13.8 Å². The van der Waals surface area contributed by atoms with Crippen molar-refractivity contribution in [1.82, 2.24) is 9.97 Å². The molecule has 0 atom stereocenters. The molecular formula is C34H26N2. The van der Waals surface area contributed by atoms with Crippen molar-refractivity contribution in [3.05, 3.63) is 133 Å². The normalized spacial score (nSPS) is 11.1. The van der Waals surface area contributed by atoms with Crippen molar-refractivity contribution in [3.63, 3.8) is 0 Å². The molecule has 0 radical (unpaired) electrons. The highest BCUT2D eigenvalue weighted by atomic mass is 14.7. The molecule has 0 saturated heterocycles. The summed E-state index contributed by atoms with van der Waals surface area (Å²) in [6, 6.07) is 36.8. The van der Waals surface area contributed by atoms with E-state index in [1.165, 1.54) is 49.9 Å². The number of benzene rings is 4. The van der Waals surface area contributed by atoms with Crippen molar-refractivity contribution in [3.8, 4) is 44.6 Å². The van der Waals surface area contributed by atoms with E-state index in [0.29, 0.717) is 0 Å². The van der Waals surface area contributed by atoms with Gasteiger partial charge >= 0.3 is 0 Å². The number of rotatable bonds is 4. The number of aryl methyl sites for hydroxylation is 2. The molecule has 2 nitrogen and oxygen atoms in total. The van der Waals surface area contributed by atoms with E-state index in [4.69, 9.17) is 0 Å². The second-order valence-electron chi connectivity index (χ2n) is 9.33. The van der Waals surface area contributed by atoms with Gasteiger partial charge in [0.1, 0.15) is 0 Å². The lowest BCUT2D eigenvalue weighted by atomic mass is 9.90. The summed E-state index contributed by atoms with van der Waals surface area (Å²) in [5, 5.41) is 2.35. The smallest absolute Gasteiger partial charge is 0.0702 e. The van der Waals surface area contributed by atoms with Gasteiger partial charge in [-0.05, 0) is 88.5 Å². The Kier molecular flexibility index (Phi) is 5.63. The average Bonchev–Trinajstić information content (AvgIpc) is 2.93. The molecule has 0 amide bonds. The molecule has 0 aliphatic carbocycles. The maximum Gasteiger partial charge on any atom is 0.0702 e. The zero-order valence-corrected chi connectivity index (χ0v) is 20.4. The van der Waals surface area contributed by atoms with Crippen LogP contribution in [0.3, 0.4) is 0 Å². The van der Waals surface area contributed by atoms with Crippen LogP contribution in [-0.4, -0.2) is 9.97 Å². The van der Waals surface area contributed by atoms with Gasteiger partial charge in [0.25, 0.3) is 0 Å². The first kappa shape index (κ1) is 21.9. The van der Waals surface area contributed by atoms with Gasteiger partial charge in [-0.3, -0.25) is 9.97 Å². The molecule has 172 valence electrons. The molecule has 0 aliphatic rings. The molecule has 4 aromatic carbocycles. The van der Waals surface area contributed by atoms with Gasteiger partial charge < -0.3 is 0 Å². The standard InChI is InChI=1S/C34H26N2/c1-23-9-11-25(12-10-23)28-18-24(2)19-29(21-28)31-14-13-30(32-15-17-35-22-33(31)32)26-6-5-7-27(20-26)34-8-3-4-16-36-34/h3-22H,1-2H3. The van der Waals surface area contributed by atoms with Gasteiger partial charge in [-0.25, -0.2) is 0 Å². The Morgan fingerprint density at radius 2 is 1.22 bits per heavy atom.